The Balaban J connectivity index is 2.11. The molecule has 8 nitrogen and oxygen atoms in total. The Kier molecular flexibility index (Phi) is 4.41. The van der Waals surface area contributed by atoms with Gasteiger partial charge in [-0.05, 0) is 26.8 Å². The van der Waals surface area contributed by atoms with E-state index < -0.39 is 10.0 Å². The zero-order valence-electron chi connectivity index (χ0n) is 11.6. The highest BCUT2D eigenvalue weighted by Gasteiger charge is 2.28. The number of sulfonamides is 1. The van der Waals surface area contributed by atoms with Crippen LogP contribution < -0.4 is 21.3 Å². The molecule has 0 aromatic carbocycles. The van der Waals surface area contributed by atoms with Gasteiger partial charge in [0.15, 0.2) is 0 Å². The van der Waals surface area contributed by atoms with Crippen LogP contribution in [0.2, 0.25) is 0 Å². The highest BCUT2D eigenvalue weighted by Crippen LogP contribution is 2.39. The number of nitrogens with one attached hydrogen (secondary N) is 3. The van der Waals surface area contributed by atoms with Gasteiger partial charge >= 0.3 is 0 Å². The summed E-state index contributed by atoms with van der Waals surface area (Å²) in [6, 6.07) is 0. The van der Waals surface area contributed by atoms with E-state index >= 15 is 0 Å². The molecular formula is C11H20N6O2S. The number of aromatic nitrogens is 2. The summed E-state index contributed by atoms with van der Waals surface area (Å²) in [4.78, 5) is 8.82. The van der Waals surface area contributed by atoms with E-state index in [9.17, 15) is 8.42 Å². The standard InChI is InChI=1S/C11H20N6O2S/c1-7-9(14-5-6-20(18,19)13-2)15-11(8-3-4-8)16-10(7)17-12/h8,13H,3-6,12H2,1-2H3,(H2,14,15,16,17). The monoisotopic (exact) mass is 300 g/mol. The van der Waals surface area contributed by atoms with Crippen molar-refractivity contribution in [2.24, 2.45) is 5.84 Å². The quantitative estimate of drug-likeness (QED) is 0.410. The molecule has 0 amide bonds. The third-order valence-corrected chi connectivity index (χ3v) is 4.58. The van der Waals surface area contributed by atoms with Gasteiger partial charge in [0.05, 0.1) is 5.75 Å². The predicted octanol–water partition coefficient (Wildman–Crippen LogP) is -0.0909. The largest absolute Gasteiger partial charge is 0.369 e. The SMILES string of the molecule is CNS(=O)(=O)CCNc1nc(C2CC2)nc(NN)c1C. The maximum atomic E-state index is 11.4. The minimum atomic E-state index is -3.23. The average Bonchev–Trinajstić information content (AvgIpc) is 3.25. The topological polar surface area (TPSA) is 122 Å². The van der Waals surface area contributed by atoms with Gasteiger partial charge in [-0.2, -0.15) is 0 Å². The Morgan fingerprint density at radius 2 is 1.95 bits per heavy atom. The van der Waals surface area contributed by atoms with E-state index in [0.717, 1.165) is 24.2 Å². The Morgan fingerprint density at radius 1 is 1.30 bits per heavy atom. The first-order valence-electron chi connectivity index (χ1n) is 6.47. The van der Waals surface area contributed by atoms with Crippen LogP contribution in [-0.4, -0.2) is 37.7 Å². The third kappa shape index (κ3) is 3.56. The molecule has 1 aliphatic rings. The summed E-state index contributed by atoms with van der Waals surface area (Å²) in [6.45, 7) is 2.11. The lowest BCUT2D eigenvalue weighted by Gasteiger charge is -2.13. The van der Waals surface area contributed by atoms with Crippen LogP contribution in [0.4, 0.5) is 11.6 Å². The molecule has 20 heavy (non-hydrogen) atoms. The van der Waals surface area contributed by atoms with Crippen molar-refractivity contribution in [3.8, 4) is 0 Å². The van der Waals surface area contributed by atoms with Crippen molar-refractivity contribution >= 4 is 21.7 Å². The molecule has 0 spiro atoms. The zero-order chi connectivity index (χ0) is 14.8. The fourth-order valence-electron chi connectivity index (χ4n) is 1.78. The van der Waals surface area contributed by atoms with Crippen molar-refractivity contribution in [2.75, 3.05) is 30.1 Å². The number of rotatable bonds is 7. The van der Waals surface area contributed by atoms with Gasteiger partial charge in [-0.3, -0.25) is 0 Å². The first kappa shape index (κ1) is 14.9. The summed E-state index contributed by atoms with van der Waals surface area (Å²) in [6.07, 6.45) is 2.17. The molecule has 0 saturated heterocycles. The maximum Gasteiger partial charge on any atom is 0.213 e. The summed E-state index contributed by atoms with van der Waals surface area (Å²) in [5.74, 6) is 7.78. The van der Waals surface area contributed by atoms with Crippen LogP contribution in [0.3, 0.4) is 0 Å². The van der Waals surface area contributed by atoms with Crippen molar-refractivity contribution in [3.63, 3.8) is 0 Å². The zero-order valence-corrected chi connectivity index (χ0v) is 12.4. The van der Waals surface area contributed by atoms with E-state index in [-0.39, 0.29) is 12.3 Å². The number of nitrogens with two attached hydrogens (primary N) is 1. The smallest absolute Gasteiger partial charge is 0.213 e. The van der Waals surface area contributed by atoms with Gasteiger partial charge in [0.1, 0.15) is 17.5 Å². The van der Waals surface area contributed by atoms with Crippen molar-refractivity contribution in [2.45, 2.75) is 25.7 Å². The van der Waals surface area contributed by atoms with Gasteiger partial charge in [-0.25, -0.2) is 29.0 Å². The second kappa shape index (κ2) is 5.90. The number of nitrogens with zero attached hydrogens (tertiary/aromatic N) is 2. The second-order valence-corrected chi connectivity index (χ2v) is 6.82. The van der Waals surface area contributed by atoms with Gasteiger partial charge in [-0.1, -0.05) is 0 Å². The molecule has 0 bridgehead atoms. The van der Waals surface area contributed by atoms with Crippen LogP contribution in [0.1, 0.15) is 30.1 Å². The summed E-state index contributed by atoms with van der Waals surface area (Å²) < 4.78 is 25.0. The van der Waals surface area contributed by atoms with Gasteiger partial charge in [0.25, 0.3) is 0 Å². The van der Waals surface area contributed by atoms with Gasteiger partial charge in [0, 0.05) is 18.0 Å². The number of hydrogen-bond acceptors (Lipinski definition) is 7. The number of hydrazine groups is 1. The van der Waals surface area contributed by atoms with Crippen molar-refractivity contribution in [1.82, 2.24) is 14.7 Å². The lowest BCUT2D eigenvalue weighted by atomic mass is 10.3. The number of hydrogen-bond donors (Lipinski definition) is 4. The maximum absolute atomic E-state index is 11.4. The fourth-order valence-corrected chi connectivity index (χ4v) is 2.35. The molecule has 1 heterocycles. The van der Waals surface area contributed by atoms with E-state index in [1.807, 2.05) is 6.92 Å². The normalized spacial score (nSPS) is 15.2. The highest BCUT2D eigenvalue weighted by molar-refractivity contribution is 7.89. The molecule has 9 heteroatoms. The van der Waals surface area contributed by atoms with E-state index in [2.05, 4.69) is 25.4 Å². The summed E-state index contributed by atoms with van der Waals surface area (Å²) in [5, 5.41) is 3.04. The van der Waals surface area contributed by atoms with E-state index in [0.29, 0.717) is 17.6 Å². The number of nitrogen functional groups attached to an aromatic ring is 1. The third-order valence-electron chi connectivity index (χ3n) is 3.22. The fraction of sp³-hybridized carbons (Fsp3) is 0.636. The van der Waals surface area contributed by atoms with Crippen LogP contribution in [-0.2, 0) is 10.0 Å². The molecular weight excluding hydrogens is 280 g/mol. The van der Waals surface area contributed by atoms with E-state index in [1.165, 1.54) is 7.05 Å². The van der Waals surface area contributed by atoms with E-state index in [4.69, 9.17) is 5.84 Å². The minimum Gasteiger partial charge on any atom is -0.369 e. The molecule has 1 aromatic heterocycles. The number of anilines is 2. The molecule has 0 unspecified atom stereocenters. The molecule has 0 atom stereocenters. The first-order valence-corrected chi connectivity index (χ1v) is 8.12. The van der Waals surface area contributed by atoms with Gasteiger partial charge in [-0.15, -0.1) is 0 Å². The lowest BCUT2D eigenvalue weighted by Crippen LogP contribution is -2.26. The van der Waals surface area contributed by atoms with Crippen molar-refractivity contribution < 1.29 is 8.42 Å². The molecule has 112 valence electrons. The summed E-state index contributed by atoms with van der Waals surface area (Å²) in [5.41, 5.74) is 3.33. The molecule has 1 aromatic rings. The van der Waals surface area contributed by atoms with Crippen LogP contribution in [0.5, 0.6) is 0 Å². The Hall–Kier alpha value is -1.45. The van der Waals surface area contributed by atoms with Gasteiger partial charge < -0.3 is 10.7 Å². The molecule has 1 aliphatic carbocycles. The van der Waals surface area contributed by atoms with Crippen LogP contribution in [0, 0.1) is 6.92 Å². The molecule has 1 fully saturated rings. The van der Waals surface area contributed by atoms with Crippen molar-refractivity contribution in [1.29, 1.82) is 0 Å². The van der Waals surface area contributed by atoms with Gasteiger partial charge in [0.2, 0.25) is 10.0 Å². The molecule has 0 aliphatic heterocycles. The van der Waals surface area contributed by atoms with Crippen LogP contribution in [0.15, 0.2) is 0 Å². The highest BCUT2D eigenvalue weighted by atomic mass is 32.2. The van der Waals surface area contributed by atoms with E-state index in [1.54, 1.807) is 0 Å². The van der Waals surface area contributed by atoms with Crippen molar-refractivity contribution in [3.05, 3.63) is 11.4 Å². The Labute approximate surface area is 118 Å². The molecule has 1 saturated carbocycles. The molecule has 0 radical (unpaired) electrons. The Bertz CT molecular complexity index is 585. The summed E-state index contributed by atoms with van der Waals surface area (Å²) >= 11 is 0. The Morgan fingerprint density at radius 3 is 2.50 bits per heavy atom. The molecule has 2 rings (SSSR count). The molecule has 5 N–H and O–H groups in total. The second-order valence-electron chi connectivity index (χ2n) is 4.77. The summed E-state index contributed by atoms with van der Waals surface area (Å²) in [7, 11) is -1.83. The predicted molar refractivity (Wildman–Crippen MR) is 77.9 cm³/mol. The minimum absolute atomic E-state index is 0.0168. The van der Waals surface area contributed by atoms with Crippen LogP contribution in [0.25, 0.3) is 0 Å². The average molecular weight is 300 g/mol. The lowest BCUT2D eigenvalue weighted by molar-refractivity contribution is 0.588. The first-order chi connectivity index (χ1) is 9.46. The van der Waals surface area contributed by atoms with Crippen LogP contribution >= 0.6 is 0 Å².